The highest BCUT2D eigenvalue weighted by Crippen LogP contribution is 2.32. The van der Waals surface area contributed by atoms with E-state index in [0.29, 0.717) is 16.6 Å². The number of benzene rings is 2. The Bertz CT molecular complexity index is 1100. The molecule has 34 heavy (non-hydrogen) atoms. The molecule has 8 nitrogen and oxygen atoms in total. The van der Waals surface area contributed by atoms with Gasteiger partial charge in [-0.2, -0.15) is 8.78 Å². The molecule has 3 aromatic rings. The van der Waals surface area contributed by atoms with Crippen LogP contribution in [0.25, 0.3) is 5.69 Å². The van der Waals surface area contributed by atoms with Gasteiger partial charge in [-0.3, -0.25) is 9.36 Å². The first-order valence-corrected chi connectivity index (χ1v) is 11.8. The van der Waals surface area contributed by atoms with Gasteiger partial charge in [0, 0.05) is 18.8 Å². The van der Waals surface area contributed by atoms with Crippen molar-refractivity contribution in [3.05, 3.63) is 48.5 Å². The summed E-state index contributed by atoms with van der Waals surface area (Å²) in [6.07, 6.45) is 3.37. The molecular formula is C23H25F2N5O3S. The Morgan fingerprint density at radius 2 is 1.82 bits per heavy atom. The highest BCUT2D eigenvalue weighted by molar-refractivity contribution is 7.99. The molecule has 0 saturated carbocycles. The maximum absolute atomic E-state index is 12.6. The minimum Gasteiger partial charge on any atom is -0.495 e. The largest absolute Gasteiger partial charge is 0.495 e. The van der Waals surface area contributed by atoms with Crippen molar-refractivity contribution in [1.29, 1.82) is 0 Å². The molecule has 0 bridgehead atoms. The van der Waals surface area contributed by atoms with Crippen LogP contribution in [0, 0.1) is 0 Å². The van der Waals surface area contributed by atoms with E-state index in [1.807, 2.05) is 28.8 Å². The number of carbonyl (C=O) groups is 1. The van der Waals surface area contributed by atoms with Crippen LogP contribution in [-0.2, 0) is 4.79 Å². The number of halogens is 2. The Kier molecular flexibility index (Phi) is 7.84. The standard InChI is InChI=1S/C23H25F2N5O3S/c1-32-19-8-4-3-7-18(19)30-22(29-13-5-2-6-14-29)27-28-23(30)34-15-20(31)26-16-9-11-17(12-10-16)33-21(24)25/h3-4,7-12,21H,2,5-6,13-15H2,1H3,(H,26,31). The van der Waals surface area contributed by atoms with Crippen LogP contribution < -0.4 is 19.7 Å². The van der Waals surface area contributed by atoms with Crippen molar-refractivity contribution < 1.29 is 23.0 Å². The van der Waals surface area contributed by atoms with Crippen LogP contribution in [0.3, 0.4) is 0 Å². The maximum atomic E-state index is 12.6. The predicted molar refractivity (Wildman–Crippen MR) is 126 cm³/mol. The number of ether oxygens (including phenoxy) is 2. The number of hydrogen-bond donors (Lipinski definition) is 1. The van der Waals surface area contributed by atoms with Gasteiger partial charge in [0.2, 0.25) is 11.9 Å². The van der Waals surface area contributed by atoms with Gasteiger partial charge in [0.05, 0.1) is 18.6 Å². The van der Waals surface area contributed by atoms with Gasteiger partial charge in [0.15, 0.2) is 5.16 Å². The number of alkyl halides is 2. The first-order chi connectivity index (χ1) is 16.5. The minimum atomic E-state index is -2.90. The first kappa shape index (κ1) is 23.8. The normalized spacial score (nSPS) is 13.7. The lowest BCUT2D eigenvalue weighted by Gasteiger charge is -2.28. The van der Waals surface area contributed by atoms with Crippen molar-refractivity contribution in [1.82, 2.24) is 14.8 Å². The number of piperidine rings is 1. The zero-order chi connectivity index (χ0) is 23.9. The second-order valence-electron chi connectivity index (χ2n) is 7.58. The molecule has 0 aliphatic carbocycles. The van der Waals surface area contributed by atoms with Gasteiger partial charge in [0.1, 0.15) is 11.5 Å². The number of anilines is 2. The van der Waals surface area contributed by atoms with Crippen LogP contribution in [0.4, 0.5) is 20.4 Å². The number of nitrogens with one attached hydrogen (secondary N) is 1. The fraction of sp³-hybridized carbons (Fsp3) is 0.348. The summed E-state index contributed by atoms with van der Waals surface area (Å²) in [5.74, 6) is 1.25. The monoisotopic (exact) mass is 489 g/mol. The quantitative estimate of drug-likeness (QED) is 0.440. The Balaban J connectivity index is 1.50. The van der Waals surface area contributed by atoms with E-state index in [0.717, 1.165) is 37.6 Å². The van der Waals surface area contributed by atoms with E-state index < -0.39 is 6.61 Å². The number of amides is 1. The van der Waals surface area contributed by atoms with Crippen LogP contribution in [0.1, 0.15) is 19.3 Å². The van der Waals surface area contributed by atoms with Gasteiger partial charge in [-0.05, 0) is 55.7 Å². The summed E-state index contributed by atoms with van der Waals surface area (Å²) in [6, 6.07) is 13.4. The molecule has 2 aromatic carbocycles. The summed E-state index contributed by atoms with van der Waals surface area (Å²) in [4.78, 5) is 14.8. The van der Waals surface area contributed by atoms with Gasteiger partial charge in [-0.1, -0.05) is 23.9 Å². The molecule has 1 amide bonds. The number of rotatable bonds is 9. The number of hydrogen-bond acceptors (Lipinski definition) is 7. The molecule has 2 heterocycles. The minimum absolute atomic E-state index is 0.0255. The predicted octanol–water partition coefficient (Wildman–Crippen LogP) is 4.60. The van der Waals surface area contributed by atoms with E-state index in [2.05, 4.69) is 25.2 Å². The molecule has 1 aromatic heterocycles. The van der Waals surface area contributed by atoms with Crippen molar-refractivity contribution in [2.75, 3.05) is 36.2 Å². The number of carbonyl (C=O) groups excluding carboxylic acids is 1. The molecule has 0 spiro atoms. The average Bonchev–Trinajstić information content (AvgIpc) is 3.28. The third-order valence-corrected chi connectivity index (χ3v) is 6.21. The summed E-state index contributed by atoms with van der Waals surface area (Å²) < 4.78 is 36.4. The molecule has 0 radical (unpaired) electrons. The molecule has 11 heteroatoms. The Hall–Kier alpha value is -3.34. The number of para-hydroxylation sites is 2. The summed E-state index contributed by atoms with van der Waals surface area (Å²) in [7, 11) is 1.61. The lowest BCUT2D eigenvalue weighted by molar-refractivity contribution is -0.113. The van der Waals surface area contributed by atoms with Gasteiger partial charge in [-0.25, -0.2) is 0 Å². The first-order valence-electron chi connectivity index (χ1n) is 10.9. The number of aromatic nitrogens is 3. The van der Waals surface area contributed by atoms with E-state index >= 15 is 0 Å². The van der Waals surface area contributed by atoms with E-state index in [4.69, 9.17) is 4.74 Å². The highest BCUT2D eigenvalue weighted by atomic mass is 32.2. The fourth-order valence-electron chi connectivity index (χ4n) is 3.73. The second-order valence-corrected chi connectivity index (χ2v) is 8.52. The van der Waals surface area contributed by atoms with Gasteiger partial charge in [-0.15, -0.1) is 10.2 Å². The molecular weight excluding hydrogens is 464 g/mol. The van der Waals surface area contributed by atoms with Crippen molar-refractivity contribution in [3.8, 4) is 17.2 Å². The van der Waals surface area contributed by atoms with Gasteiger partial charge in [0.25, 0.3) is 0 Å². The summed E-state index contributed by atoms with van der Waals surface area (Å²) in [5, 5.41) is 12.1. The lowest BCUT2D eigenvalue weighted by atomic mass is 10.1. The van der Waals surface area contributed by atoms with Crippen LogP contribution in [0.2, 0.25) is 0 Å². The third-order valence-electron chi connectivity index (χ3n) is 5.28. The molecule has 180 valence electrons. The highest BCUT2D eigenvalue weighted by Gasteiger charge is 2.23. The molecule has 0 atom stereocenters. The summed E-state index contributed by atoms with van der Waals surface area (Å²) in [6.45, 7) is -1.11. The molecule has 1 N–H and O–H groups in total. The number of thioether (sulfide) groups is 1. The van der Waals surface area contributed by atoms with Crippen molar-refractivity contribution in [2.45, 2.75) is 31.0 Å². The molecule has 1 aliphatic rings. The van der Waals surface area contributed by atoms with Gasteiger partial charge >= 0.3 is 6.61 Å². The third kappa shape index (κ3) is 5.77. The van der Waals surface area contributed by atoms with E-state index in [1.165, 1.54) is 42.4 Å². The molecule has 1 aliphatic heterocycles. The molecule has 1 saturated heterocycles. The van der Waals surface area contributed by atoms with Gasteiger partial charge < -0.3 is 19.7 Å². The van der Waals surface area contributed by atoms with Crippen LogP contribution >= 0.6 is 11.8 Å². The SMILES string of the molecule is COc1ccccc1-n1c(SCC(=O)Nc2ccc(OC(F)F)cc2)nnc1N1CCCCC1. The topological polar surface area (TPSA) is 81.5 Å². The molecule has 1 fully saturated rings. The fourth-order valence-corrected chi connectivity index (χ4v) is 4.47. The summed E-state index contributed by atoms with van der Waals surface area (Å²) >= 11 is 1.26. The Labute approximate surface area is 200 Å². The van der Waals surface area contributed by atoms with Crippen molar-refractivity contribution in [2.24, 2.45) is 0 Å². The van der Waals surface area contributed by atoms with Crippen LogP contribution in [0.15, 0.2) is 53.7 Å². The maximum Gasteiger partial charge on any atom is 0.387 e. The molecule has 4 rings (SSSR count). The van der Waals surface area contributed by atoms with E-state index in [1.54, 1.807) is 7.11 Å². The number of methoxy groups -OCH3 is 1. The van der Waals surface area contributed by atoms with E-state index in [9.17, 15) is 13.6 Å². The van der Waals surface area contributed by atoms with Crippen molar-refractivity contribution >= 4 is 29.3 Å². The lowest BCUT2D eigenvalue weighted by Crippen LogP contribution is -2.31. The zero-order valence-corrected chi connectivity index (χ0v) is 19.4. The average molecular weight is 490 g/mol. The van der Waals surface area contributed by atoms with E-state index in [-0.39, 0.29) is 17.4 Å². The Morgan fingerprint density at radius 1 is 1.09 bits per heavy atom. The smallest absolute Gasteiger partial charge is 0.387 e. The second kappa shape index (κ2) is 11.2. The number of nitrogens with zero attached hydrogens (tertiary/aromatic N) is 4. The van der Waals surface area contributed by atoms with Crippen LogP contribution in [-0.4, -0.2) is 53.2 Å². The zero-order valence-electron chi connectivity index (χ0n) is 18.6. The summed E-state index contributed by atoms with van der Waals surface area (Å²) in [5.41, 5.74) is 1.28. The van der Waals surface area contributed by atoms with Crippen LogP contribution in [0.5, 0.6) is 11.5 Å². The molecule has 0 unspecified atom stereocenters. The van der Waals surface area contributed by atoms with Crippen molar-refractivity contribution in [3.63, 3.8) is 0 Å². The Morgan fingerprint density at radius 3 is 2.53 bits per heavy atom.